The van der Waals surface area contributed by atoms with E-state index in [0.29, 0.717) is 10.7 Å². The molecule has 124 valence electrons. The number of halogens is 1. The molecule has 3 aliphatic rings. The minimum absolute atomic E-state index is 0.146. The Balaban J connectivity index is 1.51. The molecule has 5 unspecified atom stereocenters. The average molecular weight is 345 g/mol. The number of amides is 3. The summed E-state index contributed by atoms with van der Waals surface area (Å²) in [7, 11) is 0. The first-order valence-electron chi connectivity index (χ1n) is 8.09. The molecule has 1 N–H and O–H groups in total. The van der Waals surface area contributed by atoms with Crippen molar-refractivity contribution in [2.45, 2.75) is 19.4 Å². The van der Waals surface area contributed by atoms with Crippen LogP contribution in [0.1, 0.15) is 13.3 Å². The highest BCUT2D eigenvalue weighted by atomic mass is 35.5. The van der Waals surface area contributed by atoms with E-state index in [2.05, 4.69) is 5.32 Å². The molecule has 2 fully saturated rings. The van der Waals surface area contributed by atoms with Crippen LogP contribution in [0.3, 0.4) is 0 Å². The summed E-state index contributed by atoms with van der Waals surface area (Å²) < 4.78 is 0. The molecule has 5 nitrogen and oxygen atoms in total. The molecule has 0 aromatic heterocycles. The van der Waals surface area contributed by atoms with Gasteiger partial charge in [0.1, 0.15) is 6.04 Å². The molecule has 1 heterocycles. The number of carbonyl (C=O) groups excluding carboxylic acids is 3. The van der Waals surface area contributed by atoms with Gasteiger partial charge in [-0.3, -0.25) is 19.3 Å². The highest BCUT2D eigenvalue weighted by Crippen LogP contribution is 2.52. The maximum absolute atomic E-state index is 12.7. The molecule has 4 rings (SSSR count). The molecule has 3 amide bonds. The number of allylic oxidation sites excluding steroid dienone is 2. The molecule has 24 heavy (non-hydrogen) atoms. The predicted molar refractivity (Wildman–Crippen MR) is 89.1 cm³/mol. The van der Waals surface area contributed by atoms with Crippen molar-refractivity contribution in [2.75, 3.05) is 5.32 Å². The standard InChI is InChI=1S/C18H17ClN2O3/c1-9(16(22)20-13-6-4-12(19)5-7-13)21-17(23)14-10-2-3-11(8-10)15(14)18(21)24/h2-7,9-11,14-15H,8H2,1H3,(H,20,22). The van der Waals surface area contributed by atoms with Crippen LogP contribution >= 0.6 is 11.6 Å². The van der Waals surface area contributed by atoms with E-state index in [-0.39, 0.29) is 41.4 Å². The van der Waals surface area contributed by atoms with Crippen LogP contribution in [0, 0.1) is 23.7 Å². The van der Waals surface area contributed by atoms with Gasteiger partial charge in [0.25, 0.3) is 0 Å². The number of hydrogen-bond acceptors (Lipinski definition) is 3. The summed E-state index contributed by atoms with van der Waals surface area (Å²) in [6.45, 7) is 1.59. The number of nitrogens with zero attached hydrogens (tertiary/aromatic N) is 1. The number of fused-ring (bicyclic) bond motifs is 5. The Bertz CT molecular complexity index is 728. The number of benzene rings is 1. The second-order valence-corrected chi connectivity index (χ2v) is 7.15. The summed E-state index contributed by atoms with van der Waals surface area (Å²) in [6.07, 6.45) is 4.96. The first kappa shape index (κ1) is 15.4. The maximum atomic E-state index is 12.7. The minimum atomic E-state index is -0.828. The first-order valence-corrected chi connectivity index (χ1v) is 8.47. The Kier molecular flexibility index (Phi) is 3.49. The number of likely N-dealkylation sites (tertiary alicyclic amines) is 1. The maximum Gasteiger partial charge on any atom is 0.247 e. The third kappa shape index (κ3) is 2.18. The van der Waals surface area contributed by atoms with Gasteiger partial charge in [0.2, 0.25) is 17.7 Å². The summed E-state index contributed by atoms with van der Waals surface area (Å²) in [5, 5.41) is 3.30. The number of carbonyl (C=O) groups is 3. The predicted octanol–water partition coefficient (Wildman–Crippen LogP) is 2.47. The molecular weight excluding hydrogens is 328 g/mol. The largest absolute Gasteiger partial charge is 0.324 e. The van der Waals surface area contributed by atoms with Crippen molar-refractivity contribution in [3.05, 3.63) is 41.4 Å². The topological polar surface area (TPSA) is 66.5 Å². The van der Waals surface area contributed by atoms with Gasteiger partial charge in [-0.1, -0.05) is 23.8 Å². The zero-order chi connectivity index (χ0) is 17.0. The van der Waals surface area contributed by atoms with Gasteiger partial charge in [0, 0.05) is 10.7 Å². The third-order valence-electron chi connectivity index (χ3n) is 5.38. The minimum Gasteiger partial charge on any atom is -0.324 e. The van der Waals surface area contributed by atoms with Gasteiger partial charge in [-0.25, -0.2) is 0 Å². The molecule has 1 aliphatic heterocycles. The van der Waals surface area contributed by atoms with Crippen molar-refractivity contribution < 1.29 is 14.4 Å². The Morgan fingerprint density at radius 1 is 1.12 bits per heavy atom. The van der Waals surface area contributed by atoms with Crippen LogP contribution in [0.25, 0.3) is 0 Å². The van der Waals surface area contributed by atoms with E-state index in [1.807, 2.05) is 12.2 Å². The lowest BCUT2D eigenvalue weighted by molar-refractivity contribution is -0.146. The van der Waals surface area contributed by atoms with E-state index in [4.69, 9.17) is 11.6 Å². The lowest BCUT2D eigenvalue weighted by Gasteiger charge is -2.23. The second kappa shape index (κ2) is 5.45. The number of imide groups is 1. The van der Waals surface area contributed by atoms with Crippen LogP contribution in [-0.2, 0) is 14.4 Å². The van der Waals surface area contributed by atoms with Crippen molar-refractivity contribution in [1.29, 1.82) is 0 Å². The molecular formula is C18H17ClN2O3. The molecule has 2 aliphatic carbocycles. The van der Waals surface area contributed by atoms with Crippen LogP contribution in [0.2, 0.25) is 5.02 Å². The number of rotatable bonds is 3. The molecule has 6 heteroatoms. The van der Waals surface area contributed by atoms with Crippen LogP contribution in [0.4, 0.5) is 5.69 Å². The van der Waals surface area contributed by atoms with Crippen molar-refractivity contribution in [3.63, 3.8) is 0 Å². The van der Waals surface area contributed by atoms with Gasteiger partial charge in [-0.15, -0.1) is 0 Å². The van der Waals surface area contributed by atoms with Crippen molar-refractivity contribution in [1.82, 2.24) is 4.90 Å². The summed E-state index contributed by atoms with van der Waals surface area (Å²) in [5.41, 5.74) is 0.581. The summed E-state index contributed by atoms with van der Waals surface area (Å²) >= 11 is 5.82. The van der Waals surface area contributed by atoms with Gasteiger partial charge in [-0.2, -0.15) is 0 Å². The fraction of sp³-hybridized carbons (Fsp3) is 0.389. The van der Waals surface area contributed by atoms with Gasteiger partial charge >= 0.3 is 0 Å². The average Bonchev–Trinajstić information content (AvgIpc) is 3.23. The zero-order valence-corrected chi connectivity index (χ0v) is 13.9. The van der Waals surface area contributed by atoms with E-state index >= 15 is 0 Å². The number of anilines is 1. The van der Waals surface area contributed by atoms with Crippen LogP contribution in [0.5, 0.6) is 0 Å². The highest BCUT2D eigenvalue weighted by molar-refractivity contribution is 6.30. The van der Waals surface area contributed by atoms with Crippen molar-refractivity contribution in [3.8, 4) is 0 Å². The fourth-order valence-corrected chi connectivity index (χ4v) is 4.33. The Hall–Kier alpha value is -2.14. The van der Waals surface area contributed by atoms with Crippen molar-refractivity contribution in [2.24, 2.45) is 23.7 Å². The number of nitrogens with one attached hydrogen (secondary N) is 1. The Labute approximate surface area is 144 Å². The monoisotopic (exact) mass is 344 g/mol. The zero-order valence-electron chi connectivity index (χ0n) is 13.1. The normalized spacial score (nSPS) is 31.5. The van der Waals surface area contributed by atoms with E-state index in [9.17, 15) is 14.4 Å². The first-order chi connectivity index (χ1) is 11.5. The van der Waals surface area contributed by atoms with E-state index in [1.54, 1.807) is 31.2 Å². The van der Waals surface area contributed by atoms with E-state index in [0.717, 1.165) is 11.3 Å². The molecule has 5 atom stereocenters. The third-order valence-corrected chi connectivity index (χ3v) is 5.63. The molecule has 1 saturated heterocycles. The Morgan fingerprint density at radius 2 is 1.67 bits per heavy atom. The lowest BCUT2D eigenvalue weighted by atomic mass is 9.85. The van der Waals surface area contributed by atoms with E-state index < -0.39 is 6.04 Å². The van der Waals surface area contributed by atoms with Crippen molar-refractivity contribution >= 4 is 35.0 Å². The molecule has 0 spiro atoms. The SMILES string of the molecule is CC(C(=O)Nc1ccc(Cl)cc1)N1C(=O)C2C3C=CC(C3)C2C1=O. The summed E-state index contributed by atoms with van der Waals surface area (Å²) in [4.78, 5) is 39.0. The fourth-order valence-electron chi connectivity index (χ4n) is 4.20. The van der Waals surface area contributed by atoms with Gasteiger partial charge < -0.3 is 5.32 Å². The molecule has 0 radical (unpaired) electrons. The van der Waals surface area contributed by atoms with Gasteiger partial charge in [-0.05, 0) is 49.4 Å². The van der Waals surface area contributed by atoms with Gasteiger partial charge in [0.15, 0.2) is 0 Å². The summed E-state index contributed by atoms with van der Waals surface area (Å²) in [6, 6.07) is 5.87. The Morgan fingerprint density at radius 3 is 2.21 bits per heavy atom. The van der Waals surface area contributed by atoms with Crippen LogP contribution in [-0.4, -0.2) is 28.7 Å². The number of hydrogen-bond donors (Lipinski definition) is 1. The molecule has 1 aromatic rings. The summed E-state index contributed by atoms with van der Waals surface area (Å²) in [5.74, 6) is -1.06. The quantitative estimate of drug-likeness (QED) is 0.676. The highest BCUT2D eigenvalue weighted by Gasteiger charge is 2.60. The molecule has 1 saturated carbocycles. The molecule has 1 aromatic carbocycles. The second-order valence-electron chi connectivity index (χ2n) is 6.72. The molecule has 2 bridgehead atoms. The smallest absolute Gasteiger partial charge is 0.247 e. The van der Waals surface area contributed by atoms with E-state index in [1.165, 1.54) is 0 Å². The van der Waals surface area contributed by atoms with Gasteiger partial charge in [0.05, 0.1) is 11.8 Å². The lowest BCUT2D eigenvalue weighted by Crippen LogP contribution is -2.46. The van der Waals surface area contributed by atoms with Crippen LogP contribution < -0.4 is 5.32 Å². The van der Waals surface area contributed by atoms with Crippen LogP contribution in [0.15, 0.2) is 36.4 Å².